The van der Waals surface area contributed by atoms with Crippen molar-refractivity contribution in [2.75, 3.05) is 6.61 Å². The average Bonchev–Trinajstić information content (AvgIpc) is 2.83. The molecule has 2 N–H and O–H groups in total. The summed E-state index contributed by atoms with van der Waals surface area (Å²) in [5.41, 5.74) is -1.53. The lowest BCUT2D eigenvalue weighted by atomic mass is 9.54. The molecule has 2 rings (SSSR count). The standard InChI is InChI=1S/C15H22N2O4/c1-5-21-11-9-15(13(19)20,14(11,2)3)16-12(18)10-7-6-8-17(10)4/h6-8,11H,5,9H2,1-4H3,(H,16,18)(H,19,20)/t11-,15+/m0/s1. The monoisotopic (exact) mass is 294 g/mol. The molecule has 0 radical (unpaired) electrons. The molecule has 6 heteroatoms. The maximum atomic E-state index is 12.4. The third kappa shape index (κ3) is 2.23. The second-order valence-corrected chi connectivity index (χ2v) is 6.04. The number of ether oxygens (including phenoxy) is 1. The van der Waals surface area contributed by atoms with Crippen LogP contribution in [0.5, 0.6) is 0 Å². The first kappa shape index (κ1) is 15.6. The number of carbonyl (C=O) groups excluding carboxylic acids is 1. The SMILES string of the molecule is CCO[C@H]1C[C@@](NC(=O)c2cccn2C)(C(=O)O)C1(C)C. The zero-order chi connectivity index (χ0) is 15.8. The Balaban J connectivity index is 2.24. The number of carboxylic acid groups (broad SMARTS) is 1. The van der Waals surface area contributed by atoms with Crippen LogP contribution in [0, 0.1) is 5.41 Å². The van der Waals surface area contributed by atoms with Crippen LogP contribution in [-0.2, 0) is 16.6 Å². The Labute approximate surface area is 124 Å². The molecule has 1 aromatic rings. The molecular formula is C15H22N2O4. The Morgan fingerprint density at radius 3 is 2.62 bits per heavy atom. The summed E-state index contributed by atoms with van der Waals surface area (Å²) in [4.78, 5) is 24.1. The molecular weight excluding hydrogens is 272 g/mol. The van der Waals surface area contributed by atoms with Crippen molar-refractivity contribution in [3.05, 3.63) is 24.0 Å². The van der Waals surface area contributed by atoms with E-state index in [0.717, 1.165) is 0 Å². The summed E-state index contributed by atoms with van der Waals surface area (Å²) in [6.07, 6.45) is 1.85. The third-order valence-electron chi connectivity index (χ3n) is 4.63. The summed E-state index contributed by atoms with van der Waals surface area (Å²) in [5.74, 6) is -1.40. The summed E-state index contributed by atoms with van der Waals surface area (Å²) in [5, 5.41) is 12.4. The summed E-state index contributed by atoms with van der Waals surface area (Å²) in [7, 11) is 1.75. The minimum Gasteiger partial charge on any atom is -0.479 e. The fourth-order valence-electron chi connectivity index (χ4n) is 2.99. The van der Waals surface area contributed by atoms with Crippen molar-refractivity contribution in [2.24, 2.45) is 12.5 Å². The van der Waals surface area contributed by atoms with Gasteiger partial charge < -0.3 is 19.7 Å². The van der Waals surface area contributed by atoms with Gasteiger partial charge in [-0.2, -0.15) is 0 Å². The van der Waals surface area contributed by atoms with Crippen molar-refractivity contribution in [3.8, 4) is 0 Å². The van der Waals surface area contributed by atoms with Crippen LogP contribution in [0.25, 0.3) is 0 Å². The van der Waals surface area contributed by atoms with Gasteiger partial charge in [0.05, 0.1) is 6.10 Å². The number of carbonyl (C=O) groups is 2. The van der Waals surface area contributed by atoms with Crippen LogP contribution >= 0.6 is 0 Å². The van der Waals surface area contributed by atoms with Crippen molar-refractivity contribution >= 4 is 11.9 Å². The average molecular weight is 294 g/mol. The number of aliphatic carboxylic acids is 1. The summed E-state index contributed by atoms with van der Waals surface area (Å²) in [6, 6.07) is 3.41. The smallest absolute Gasteiger partial charge is 0.330 e. The van der Waals surface area contributed by atoms with E-state index in [1.165, 1.54) is 0 Å². The predicted octanol–water partition coefficient (Wildman–Crippen LogP) is 1.41. The number of amides is 1. The molecule has 0 unspecified atom stereocenters. The summed E-state index contributed by atoms with van der Waals surface area (Å²) in [6.45, 7) is 6.03. The number of aromatic nitrogens is 1. The van der Waals surface area contributed by atoms with Gasteiger partial charge in [0.2, 0.25) is 0 Å². The fraction of sp³-hybridized carbons (Fsp3) is 0.600. The fourth-order valence-corrected chi connectivity index (χ4v) is 2.99. The van der Waals surface area contributed by atoms with E-state index in [1.807, 2.05) is 20.8 Å². The van der Waals surface area contributed by atoms with Gasteiger partial charge in [-0.25, -0.2) is 4.79 Å². The topological polar surface area (TPSA) is 80.6 Å². The molecule has 0 aromatic carbocycles. The van der Waals surface area contributed by atoms with Gasteiger partial charge in [0, 0.05) is 31.7 Å². The molecule has 1 aromatic heterocycles. The van der Waals surface area contributed by atoms with Crippen LogP contribution in [0.15, 0.2) is 18.3 Å². The molecule has 1 amide bonds. The van der Waals surface area contributed by atoms with E-state index in [2.05, 4.69) is 5.32 Å². The first-order valence-electron chi connectivity index (χ1n) is 7.05. The van der Waals surface area contributed by atoms with Gasteiger partial charge in [0.1, 0.15) is 11.2 Å². The van der Waals surface area contributed by atoms with Gasteiger partial charge in [-0.3, -0.25) is 4.79 Å². The second kappa shape index (κ2) is 5.18. The molecule has 0 aliphatic heterocycles. The zero-order valence-electron chi connectivity index (χ0n) is 12.8. The number of aryl methyl sites for hydroxylation is 1. The quantitative estimate of drug-likeness (QED) is 0.860. The van der Waals surface area contributed by atoms with Crippen LogP contribution < -0.4 is 5.32 Å². The highest BCUT2D eigenvalue weighted by molar-refractivity contribution is 5.97. The largest absolute Gasteiger partial charge is 0.479 e. The van der Waals surface area contributed by atoms with E-state index in [1.54, 1.807) is 29.9 Å². The van der Waals surface area contributed by atoms with Gasteiger partial charge in [0.15, 0.2) is 0 Å². The predicted molar refractivity (Wildman–Crippen MR) is 77.1 cm³/mol. The van der Waals surface area contributed by atoms with Crippen LogP contribution in [0.2, 0.25) is 0 Å². The highest BCUT2D eigenvalue weighted by atomic mass is 16.5. The molecule has 21 heavy (non-hydrogen) atoms. The van der Waals surface area contributed by atoms with Gasteiger partial charge in [-0.05, 0) is 19.1 Å². The number of rotatable bonds is 5. The highest BCUT2D eigenvalue weighted by Crippen LogP contribution is 2.51. The van der Waals surface area contributed by atoms with Crippen molar-refractivity contribution < 1.29 is 19.4 Å². The molecule has 116 valence electrons. The van der Waals surface area contributed by atoms with Crippen molar-refractivity contribution in [3.63, 3.8) is 0 Å². The van der Waals surface area contributed by atoms with Gasteiger partial charge in [-0.15, -0.1) is 0 Å². The van der Waals surface area contributed by atoms with Crippen LogP contribution in [0.1, 0.15) is 37.7 Å². The molecule has 1 heterocycles. The van der Waals surface area contributed by atoms with E-state index in [0.29, 0.717) is 12.3 Å². The molecule has 2 atom stereocenters. The lowest BCUT2D eigenvalue weighted by molar-refractivity contribution is -0.190. The lowest BCUT2D eigenvalue weighted by Crippen LogP contribution is -2.76. The molecule has 1 aliphatic rings. The number of nitrogens with zero attached hydrogens (tertiary/aromatic N) is 1. The Morgan fingerprint density at radius 1 is 1.52 bits per heavy atom. The maximum Gasteiger partial charge on any atom is 0.330 e. The maximum absolute atomic E-state index is 12.4. The first-order chi connectivity index (χ1) is 9.76. The van der Waals surface area contributed by atoms with Crippen LogP contribution in [0.4, 0.5) is 0 Å². The van der Waals surface area contributed by atoms with E-state index < -0.39 is 16.9 Å². The van der Waals surface area contributed by atoms with Crippen molar-refractivity contribution in [2.45, 2.75) is 38.8 Å². The summed E-state index contributed by atoms with van der Waals surface area (Å²) < 4.78 is 7.24. The number of nitrogens with one attached hydrogen (secondary N) is 1. The third-order valence-corrected chi connectivity index (χ3v) is 4.63. The minimum absolute atomic E-state index is 0.174. The molecule has 1 aliphatic carbocycles. The van der Waals surface area contributed by atoms with E-state index in [4.69, 9.17) is 4.74 Å². The van der Waals surface area contributed by atoms with Gasteiger partial charge >= 0.3 is 5.97 Å². The van der Waals surface area contributed by atoms with Crippen LogP contribution in [-0.4, -0.2) is 39.8 Å². The molecule has 0 saturated heterocycles. The molecule has 6 nitrogen and oxygen atoms in total. The van der Waals surface area contributed by atoms with E-state index >= 15 is 0 Å². The number of hydrogen-bond acceptors (Lipinski definition) is 3. The Hall–Kier alpha value is -1.82. The normalized spacial score (nSPS) is 27.0. The zero-order valence-corrected chi connectivity index (χ0v) is 12.8. The first-order valence-corrected chi connectivity index (χ1v) is 7.05. The van der Waals surface area contributed by atoms with E-state index in [9.17, 15) is 14.7 Å². The highest BCUT2D eigenvalue weighted by Gasteiger charge is 2.66. The molecule has 1 fully saturated rings. The number of carboxylic acids is 1. The minimum atomic E-state index is -1.30. The Bertz CT molecular complexity index is 564. The Morgan fingerprint density at radius 2 is 2.19 bits per heavy atom. The van der Waals surface area contributed by atoms with Gasteiger partial charge in [0.25, 0.3) is 5.91 Å². The van der Waals surface area contributed by atoms with Crippen molar-refractivity contribution in [1.82, 2.24) is 9.88 Å². The Kier molecular flexibility index (Phi) is 3.84. The molecule has 0 spiro atoms. The molecule has 1 saturated carbocycles. The second-order valence-electron chi connectivity index (χ2n) is 6.04. The summed E-state index contributed by atoms with van der Waals surface area (Å²) >= 11 is 0. The number of hydrogen-bond donors (Lipinski definition) is 2. The van der Waals surface area contributed by atoms with E-state index in [-0.39, 0.29) is 18.4 Å². The van der Waals surface area contributed by atoms with Crippen LogP contribution in [0.3, 0.4) is 0 Å². The lowest BCUT2D eigenvalue weighted by Gasteiger charge is -2.58. The molecule has 0 bridgehead atoms. The van der Waals surface area contributed by atoms with Crippen molar-refractivity contribution in [1.29, 1.82) is 0 Å². The van der Waals surface area contributed by atoms with Gasteiger partial charge in [-0.1, -0.05) is 13.8 Å².